The molecule has 0 radical (unpaired) electrons. The topological polar surface area (TPSA) is 58.8 Å². The van der Waals surface area contributed by atoms with Gasteiger partial charge in [0.05, 0.1) is 19.1 Å². The number of carbonyl (C=O) groups is 1. The molecule has 2 heterocycles. The number of nitrogens with two attached hydrogens (primary N) is 1. The van der Waals surface area contributed by atoms with E-state index in [9.17, 15) is 4.79 Å². The quantitative estimate of drug-likeness (QED) is 0.810. The SMILES string of the molecule is CC1(N)CCCCC1C(=O)N1CCC(CN2CCOCC2)C1.Cl.Cl. The molecule has 0 aromatic carbocycles. The van der Waals surface area contributed by atoms with Crippen LogP contribution in [0.15, 0.2) is 0 Å². The molecule has 142 valence electrons. The van der Waals surface area contributed by atoms with Crippen molar-refractivity contribution in [2.75, 3.05) is 45.9 Å². The number of halogens is 2. The predicted octanol–water partition coefficient (Wildman–Crippen LogP) is 1.92. The van der Waals surface area contributed by atoms with Crippen LogP contribution in [0.5, 0.6) is 0 Å². The zero-order chi connectivity index (χ0) is 15.6. The number of hydrogen-bond donors (Lipinski definition) is 1. The van der Waals surface area contributed by atoms with E-state index in [1.807, 2.05) is 0 Å². The van der Waals surface area contributed by atoms with Gasteiger partial charge in [0.2, 0.25) is 5.91 Å². The van der Waals surface area contributed by atoms with Gasteiger partial charge in [-0.1, -0.05) is 12.8 Å². The normalized spacial score (nSPS) is 34.3. The van der Waals surface area contributed by atoms with Crippen molar-refractivity contribution in [3.63, 3.8) is 0 Å². The van der Waals surface area contributed by atoms with Crippen molar-refractivity contribution in [2.45, 2.75) is 44.6 Å². The molecule has 3 unspecified atom stereocenters. The van der Waals surface area contributed by atoms with Gasteiger partial charge in [0.25, 0.3) is 0 Å². The molecule has 0 bridgehead atoms. The van der Waals surface area contributed by atoms with E-state index in [1.54, 1.807) is 0 Å². The van der Waals surface area contributed by atoms with Crippen molar-refractivity contribution in [1.29, 1.82) is 0 Å². The number of amides is 1. The number of hydrogen-bond acceptors (Lipinski definition) is 4. The molecule has 7 heteroatoms. The summed E-state index contributed by atoms with van der Waals surface area (Å²) in [5.74, 6) is 0.965. The van der Waals surface area contributed by atoms with Gasteiger partial charge >= 0.3 is 0 Å². The lowest BCUT2D eigenvalue weighted by Crippen LogP contribution is -2.53. The van der Waals surface area contributed by atoms with Crippen molar-refractivity contribution >= 4 is 30.7 Å². The number of carbonyl (C=O) groups excluding carboxylic acids is 1. The van der Waals surface area contributed by atoms with E-state index in [1.165, 1.54) is 0 Å². The van der Waals surface area contributed by atoms with Gasteiger partial charge in [-0.05, 0) is 32.1 Å². The summed E-state index contributed by atoms with van der Waals surface area (Å²) in [6.07, 6.45) is 5.40. The molecule has 1 amide bonds. The van der Waals surface area contributed by atoms with E-state index in [2.05, 4.69) is 16.7 Å². The molecule has 1 saturated carbocycles. The summed E-state index contributed by atoms with van der Waals surface area (Å²) in [5, 5.41) is 0. The highest BCUT2D eigenvalue weighted by Gasteiger charge is 2.41. The molecule has 2 aliphatic heterocycles. The van der Waals surface area contributed by atoms with Gasteiger partial charge in [-0.2, -0.15) is 0 Å². The standard InChI is InChI=1S/C17H31N3O2.2ClH/c1-17(18)6-3-2-4-15(17)16(21)20-7-5-14(13-20)12-19-8-10-22-11-9-19;;/h14-15H,2-13,18H2,1H3;2*1H. The average molecular weight is 382 g/mol. The molecule has 24 heavy (non-hydrogen) atoms. The molecule has 0 aromatic rings. The van der Waals surface area contributed by atoms with E-state index in [4.69, 9.17) is 10.5 Å². The Labute approximate surface area is 158 Å². The van der Waals surface area contributed by atoms with Gasteiger partial charge in [0.1, 0.15) is 0 Å². The second kappa shape index (κ2) is 9.58. The molecular weight excluding hydrogens is 349 g/mol. The van der Waals surface area contributed by atoms with Gasteiger partial charge in [0, 0.05) is 38.3 Å². The van der Waals surface area contributed by atoms with E-state index in [0.29, 0.717) is 11.8 Å². The van der Waals surface area contributed by atoms with Gasteiger partial charge in [-0.3, -0.25) is 9.69 Å². The van der Waals surface area contributed by atoms with E-state index < -0.39 is 0 Å². The summed E-state index contributed by atoms with van der Waals surface area (Å²) < 4.78 is 5.41. The molecule has 0 spiro atoms. The number of likely N-dealkylation sites (tertiary alicyclic amines) is 1. The van der Waals surface area contributed by atoms with Crippen LogP contribution in [-0.4, -0.2) is 67.2 Å². The number of rotatable bonds is 3. The van der Waals surface area contributed by atoms with Crippen molar-refractivity contribution in [2.24, 2.45) is 17.6 Å². The first-order valence-electron chi connectivity index (χ1n) is 8.94. The Morgan fingerprint density at radius 3 is 2.54 bits per heavy atom. The average Bonchev–Trinajstić information content (AvgIpc) is 2.96. The van der Waals surface area contributed by atoms with Gasteiger partial charge in [0.15, 0.2) is 0 Å². The van der Waals surface area contributed by atoms with Crippen LogP contribution in [0.3, 0.4) is 0 Å². The van der Waals surface area contributed by atoms with Crippen LogP contribution in [0.1, 0.15) is 39.0 Å². The van der Waals surface area contributed by atoms with Crippen molar-refractivity contribution in [1.82, 2.24) is 9.80 Å². The fraction of sp³-hybridized carbons (Fsp3) is 0.941. The Hall–Kier alpha value is -0.0700. The van der Waals surface area contributed by atoms with Crippen LogP contribution >= 0.6 is 24.8 Å². The second-order valence-electron chi connectivity index (χ2n) is 7.66. The molecule has 0 aromatic heterocycles. The lowest BCUT2D eigenvalue weighted by atomic mass is 9.74. The molecule has 3 fully saturated rings. The Balaban J connectivity index is 0.00000144. The lowest BCUT2D eigenvalue weighted by molar-refractivity contribution is -0.138. The van der Waals surface area contributed by atoms with E-state index in [0.717, 1.165) is 78.0 Å². The van der Waals surface area contributed by atoms with Crippen LogP contribution in [0, 0.1) is 11.8 Å². The molecule has 3 atom stereocenters. The summed E-state index contributed by atoms with van der Waals surface area (Å²) in [5.41, 5.74) is 6.10. The van der Waals surface area contributed by atoms with E-state index >= 15 is 0 Å². The third-order valence-electron chi connectivity index (χ3n) is 5.77. The maximum atomic E-state index is 12.9. The van der Waals surface area contributed by atoms with Gasteiger partial charge < -0.3 is 15.4 Å². The van der Waals surface area contributed by atoms with Crippen LogP contribution < -0.4 is 5.73 Å². The Morgan fingerprint density at radius 1 is 1.17 bits per heavy atom. The monoisotopic (exact) mass is 381 g/mol. The summed E-state index contributed by atoms with van der Waals surface area (Å²) >= 11 is 0. The fourth-order valence-electron chi connectivity index (χ4n) is 4.31. The number of ether oxygens (including phenoxy) is 1. The van der Waals surface area contributed by atoms with Crippen LogP contribution in [0.25, 0.3) is 0 Å². The third kappa shape index (κ3) is 5.21. The Bertz CT molecular complexity index is 403. The number of nitrogens with zero attached hydrogens (tertiary/aromatic N) is 2. The summed E-state index contributed by atoms with van der Waals surface area (Å²) in [6, 6.07) is 0. The minimum absolute atomic E-state index is 0. The minimum Gasteiger partial charge on any atom is -0.379 e. The van der Waals surface area contributed by atoms with Crippen molar-refractivity contribution < 1.29 is 9.53 Å². The highest BCUT2D eigenvalue weighted by molar-refractivity contribution is 5.85. The van der Waals surface area contributed by atoms with Gasteiger partial charge in [-0.25, -0.2) is 0 Å². The van der Waals surface area contributed by atoms with Crippen molar-refractivity contribution in [3.8, 4) is 0 Å². The first kappa shape index (κ1) is 22.0. The van der Waals surface area contributed by atoms with Crippen LogP contribution in [0.4, 0.5) is 0 Å². The lowest BCUT2D eigenvalue weighted by Gasteiger charge is -2.39. The fourth-order valence-corrected chi connectivity index (χ4v) is 4.31. The molecule has 2 N–H and O–H groups in total. The van der Waals surface area contributed by atoms with Crippen molar-refractivity contribution in [3.05, 3.63) is 0 Å². The van der Waals surface area contributed by atoms with E-state index in [-0.39, 0.29) is 36.3 Å². The molecule has 2 saturated heterocycles. The maximum absolute atomic E-state index is 12.9. The number of morpholine rings is 1. The smallest absolute Gasteiger partial charge is 0.227 e. The largest absolute Gasteiger partial charge is 0.379 e. The summed E-state index contributed by atoms with van der Waals surface area (Å²) in [4.78, 5) is 17.4. The van der Waals surface area contributed by atoms with Crippen LogP contribution in [0.2, 0.25) is 0 Å². The summed E-state index contributed by atoms with van der Waals surface area (Å²) in [7, 11) is 0. The molecular formula is C17H33Cl2N3O2. The van der Waals surface area contributed by atoms with Crippen LogP contribution in [-0.2, 0) is 9.53 Å². The summed E-state index contributed by atoms with van der Waals surface area (Å²) in [6.45, 7) is 8.78. The third-order valence-corrected chi connectivity index (χ3v) is 5.77. The molecule has 3 rings (SSSR count). The minimum atomic E-state index is -0.308. The second-order valence-corrected chi connectivity index (χ2v) is 7.66. The molecule has 3 aliphatic rings. The molecule has 1 aliphatic carbocycles. The Kier molecular flexibility index (Phi) is 8.77. The highest BCUT2D eigenvalue weighted by Crippen LogP contribution is 2.34. The Morgan fingerprint density at radius 2 is 1.88 bits per heavy atom. The zero-order valence-corrected chi connectivity index (χ0v) is 16.4. The highest BCUT2D eigenvalue weighted by atomic mass is 35.5. The first-order valence-corrected chi connectivity index (χ1v) is 8.94. The predicted molar refractivity (Wildman–Crippen MR) is 101 cm³/mol. The maximum Gasteiger partial charge on any atom is 0.227 e. The zero-order valence-electron chi connectivity index (χ0n) is 14.7. The first-order chi connectivity index (χ1) is 10.6. The van der Waals surface area contributed by atoms with Gasteiger partial charge in [-0.15, -0.1) is 24.8 Å². The molecule has 5 nitrogen and oxygen atoms in total.